The van der Waals surface area contributed by atoms with Gasteiger partial charge in [0, 0.05) is 6.20 Å². The van der Waals surface area contributed by atoms with Crippen molar-refractivity contribution in [2.24, 2.45) is 0 Å². The number of aromatic nitrogens is 2. The number of ether oxygens (including phenoxy) is 1. The summed E-state index contributed by atoms with van der Waals surface area (Å²) in [4.78, 5) is 47.3. The lowest BCUT2D eigenvalue weighted by atomic mass is 10.2. The Kier molecular flexibility index (Phi) is 4.49. The van der Waals surface area contributed by atoms with Gasteiger partial charge in [0.1, 0.15) is 12.2 Å². The van der Waals surface area contributed by atoms with E-state index in [2.05, 4.69) is 4.98 Å². The Bertz CT molecular complexity index is 505. The maximum absolute atomic E-state index is 11.3. The number of aliphatic hydroxyl groups excluding tert-OH is 1. The number of rotatable bonds is 6. The number of aliphatic hydroxyl groups is 1. The third-order valence-electron chi connectivity index (χ3n) is 1.93. The van der Waals surface area contributed by atoms with E-state index in [4.69, 9.17) is 9.84 Å². The number of aromatic amines is 2. The number of hydrogen-bond donors (Lipinski definition) is 3. The van der Waals surface area contributed by atoms with Crippen LogP contribution in [0.2, 0.25) is 0 Å². The van der Waals surface area contributed by atoms with E-state index in [1.807, 2.05) is 4.98 Å². The van der Waals surface area contributed by atoms with E-state index in [0.29, 0.717) is 6.29 Å². The van der Waals surface area contributed by atoms with Crippen LogP contribution in [0.3, 0.4) is 0 Å². The average Bonchev–Trinajstić information content (AvgIpc) is 2.32. The molecule has 0 amide bonds. The molecule has 0 unspecified atom stereocenters. The molecule has 1 aromatic rings. The Labute approximate surface area is 94.2 Å². The van der Waals surface area contributed by atoms with Crippen molar-refractivity contribution in [3.63, 3.8) is 0 Å². The number of aldehydes is 2. The van der Waals surface area contributed by atoms with Crippen LogP contribution in [0.15, 0.2) is 15.8 Å². The lowest BCUT2D eigenvalue weighted by molar-refractivity contribution is -0.133. The fourth-order valence-corrected chi connectivity index (χ4v) is 1.12. The van der Waals surface area contributed by atoms with Gasteiger partial charge in [-0.25, -0.2) is 4.79 Å². The standard InChI is InChI=1S/C9H10N2O6/c12-2-5(3-13)17-7(4-14)6-1-10-9(16)11-8(6)15/h1-2,4-5,7,13H,3H2,(H2,10,11,15,16)/t5-,7+/m0/s1. The lowest BCUT2D eigenvalue weighted by Gasteiger charge is -2.14. The molecular weight excluding hydrogens is 232 g/mol. The Hall–Kier alpha value is -2.06. The minimum absolute atomic E-state index is 0.153. The first kappa shape index (κ1) is 13.0. The molecule has 8 nitrogen and oxygen atoms in total. The number of nitrogens with one attached hydrogen (secondary N) is 2. The second-order valence-electron chi connectivity index (χ2n) is 3.08. The molecule has 0 saturated carbocycles. The van der Waals surface area contributed by atoms with Crippen molar-refractivity contribution in [1.82, 2.24) is 9.97 Å². The van der Waals surface area contributed by atoms with Gasteiger partial charge in [0.2, 0.25) is 0 Å². The van der Waals surface area contributed by atoms with Crippen LogP contribution in [0.25, 0.3) is 0 Å². The van der Waals surface area contributed by atoms with Gasteiger partial charge >= 0.3 is 5.69 Å². The summed E-state index contributed by atoms with van der Waals surface area (Å²) in [5.74, 6) is 0. The molecule has 1 heterocycles. The Morgan fingerprint density at radius 2 is 2.06 bits per heavy atom. The van der Waals surface area contributed by atoms with Crippen molar-refractivity contribution in [3.8, 4) is 0 Å². The van der Waals surface area contributed by atoms with Crippen molar-refractivity contribution in [3.05, 3.63) is 32.6 Å². The highest BCUT2D eigenvalue weighted by Gasteiger charge is 2.19. The zero-order chi connectivity index (χ0) is 12.8. The average molecular weight is 242 g/mol. The Balaban J connectivity index is 3.01. The largest absolute Gasteiger partial charge is 0.393 e. The molecule has 2 atom stereocenters. The zero-order valence-corrected chi connectivity index (χ0v) is 8.58. The molecule has 0 saturated heterocycles. The molecular formula is C9H10N2O6. The monoisotopic (exact) mass is 242 g/mol. The van der Waals surface area contributed by atoms with E-state index >= 15 is 0 Å². The summed E-state index contributed by atoms with van der Waals surface area (Å²) in [6.07, 6.45) is -0.945. The van der Waals surface area contributed by atoms with Crippen molar-refractivity contribution in [1.29, 1.82) is 0 Å². The summed E-state index contributed by atoms with van der Waals surface area (Å²) in [6.45, 7) is -0.616. The third kappa shape index (κ3) is 3.20. The highest BCUT2D eigenvalue weighted by atomic mass is 16.5. The van der Waals surface area contributed by atoms with Crippen LogP contribution in [0.4, 0.5) is 0 Å². The molecule has 1 rings (SSSR count). The molecule has 0 aliphatic rings. The maximum atomic E-state index is 11.3. The molecule has 0 spiro atoms. The molecule has 0 aromatic carbocycles. The van der Waals surface area contributed by atoms with Crippen LogP contribution in [0.5, 0.6) is 0 Å². The van der Waals surface area contributed by atoms with Gasteiger partial charge < -0.3 is 24.4 Å². The van der Waals surface area contributed by atoms with Gasteiger partial charge in [0.15, 0.2) is 12.6 Å². The molecule has 3 N–H and O–H groups in total. The van der Waals surface area contributed by atoms with Crippen molar-refractivity contribution >= 4 is 12.6 Å². The third-order valence-corrected chi connectivity index (χ3v) is 1.93. The van der Waals surface area contributed by atoms with Crippen LogP contribution < -0.4 is 11.2 Å². The van der Waals surface area contributed by atoms with Crippen molar-refractivity contribution in [2.75, 3.05) is 6.61 Å². The van der Waals surface area contributed by atoms with Gasteiger partial charge in [-0.15, -0.1) is 0 Å². The van der Waals surface area contributed by atoms with E-state index in [1.54, 1.807) is 0 Å². The van der Waals surface area contributed by atoms with Gasteiger partial charge in [-0.1, -0.05) is 0 Å². The molecule has 17 heavy (non-hydrogen) atoms. The predicted molar refractivity (Wildman–Crippen MR) is 54.5 cm³/mol. The van der Waals surface area contributed by atoms with Crippen LogP contribution >= 0.6 is 0 Å². The number of carbonyl (C=O) groups is 2. The van der Waals surface area contributed by atoms with E-state index in [1.165, 1.54) is 0 Å². The lowest BCUT2D eigenvalue weighted by Crippen LogP contribution is -2.30. The van der Waals surface area contributed by atoms with Crippen LogP contribution in [0.1, 0.15) is 11.7 Å². The first-order valence-electron chi connectivity index (χ1n) is 4.61. The summed E-state index contributed by atoms with van der Waals surface area (Å²) in [6, 6.07) is 0. The van der Waals surface area contributed by atoms with Crippen LogP contribution in [-0.4, -0.2) is 40.4 Å². The number of carbonyl (C=O) groups excluding carboxylic acids is 2. The van der Waals surface area contributed by atoms with E-state index in [0.717, 1.165) is 6.20 Å². The maximum Gasteiger partial charge on any atom is 0.325 e. The van der Waals surface area contributed by atoms with Gasteiger partial charge in [0.25, 0.3) is 5.56 Å². The quantitative estimate of drug-likeness (QED) is 0.489. The minimum Gasteiger partial charge on any atom is -0.393 e. The first-order valence-corrected chi connectivity index (χ1v) is 4.61. The fraction of sp³-hybridized carbons (Fsp3) is 0.333. The molecule has 0 radical (unpaired) electrons. The summed E-state index contributed by atoms with van der Waals surface area (Å²) >= 11 is 0. The molecule has 1 aromatic heterocycles. The summed E-state index contributed by atoms with van der Waals surface area (Å²) in [5.41, 5.74) is -1.68. The van der Waals surface area contributed by atoms with Crippen LogP contribution in [0, 0.1) is 0 Å². The Morgan fingerprint density at radius 1 is 1.35 bits per heavy atom. The number of hydrogen-bond acceptors (Lipinski definition) is 6. The molecule has 92 valence electrons. The predicted octanol–water partition coefficient (Wildman–Crippen LogP) is -2.12. The smallest absolute Gasteiger partial charge is 0.325 e. The summed E-state index contributed by atoms with van der Waals surface area (Å²) < 4.78 is 4.88. The fourth-order valence-electron chi connectivity index (χ4n) is 1.12. The second kappa shape index (κ2) is 5.87. The van der Waals surface area contributed by atoms with Gasteiger partial charge in [-0.3, -0.25) is 9.78 Å². The van der Waals surface area contributed by atoms with E-state index in [9.17, 15) is 19.2 Å². The highest BCUT2D eigenvalue weighted by molar-refractivity contribution is 5.61. The van der Waals surface area contributed by atoms with E-state index < -0.39 is 30.1 Å². The van der Waals surface area contributed by atoms with Gasteiger partial charge in [-0.2, -0.15) is 0 Å². The molecule has 0 fully saturated rings. The SMILES string of the molecule is O=C[C@@H](CO)O[C@H](C=O)c1c[nH]c(=O)[nH]c1=O. The van der Waals surface area contributed by atoms with E-state index in [-0.39, 0.29) is 11.8 Å². The summed E-state index contributed by atoms with van der Waals surface area (Å²) in [5, 5.41) is 8.71. The number of H-pyrrole nitrogens is 2. The highest BCUT2D eigenvalue weighted by Crippen LogP contribution is 2.10. The van der Waals surface area contributed by atoms with Gasteiger partial charge in [-0.05, 0) is 0 Å². The molecule has 0 aliphatic carbocycles. The molecule has 0 bridgehead atoms. The van der Waals surface area contributed by atoms with Gasteiger partial charge in [0.05, 0.1) is 12.2 Å². The Morgan fingerprint density at radius 3 is 2.53 bits per heavy atom. The first-order chi connectivity index (χ1) is 8.12. The molecule has 8 heteroatoms. The summed E-state index contributed by atoms with van der Waals surface area (Å²) in [7, 11) is 0. The van der Waals surface area contributed by atoms with Crippen LogP contribution in [-0.2, 0) is 14.3 Å². The topological polar surface area (TPSA) is 129 Å². The normalized spacial score (nSPS) is 13.9. The van der Waals surface area contributed by atoms with Crippen molar-refractivity contribution < 1.29 is 19.4 Å². The molecule has 0 aliphatic heterocycles. The second-order valence-corrected chi connectivity index (χ2v) is 3.08. The minimum atomic E-state index is -1.34. The van der Waals surface area contributed by atoms with Crippen molar-refractivity contribution in [2.45, 2.75) is 12.2 Å². The zero-order valence-electron chi connectivity index (χ0n) is 8.58.